The zero-order valence-electron chi connectivity index (χ0n) is 12.4. The van der Waals surface area contributed by atoms with Crippen LogP contribution in [0.3, 0.4) is 0 Å². The maximum absolute atomic E-state index is 12.4. The van der Waals surface area contributed by atoms with Gasteiger partial charge in [0.05, 0.1) is 12.0 Å². The number of nitrogens with one attached hydrogen (secondary N) is 3. The molecule has 1 aliphatic heterocycles. The lowest BCUT2D eigenvalue weighted by Gasteiger charge is -2.30. The number of aromatic nitrogens is 2. The number of nitrogens with zero attached hydrogens (tertiary/aromatic N) is 1. The van der Waals surface area contributed by atoms with Crippen molar-refractivity contribution in [1.29, 1.82) is 0 Å². The second kappa shape index (κ2) is 5.26. The Labute approximate surface area is 118 Å². The van der Waals surface area contributed by atoms with Gasteiger partial charge < -0.3 is 15.6 Å². The summed E-state index contributed by atoms with van der Waals surface area (Å²) in [6.45, 7) is 7.99. The summed E-state index contributed by atoms with van der Waals surface area (Å²) >= 11 is 0. The Morgan fingerprint density at radius 3 is 2.75 bits per heavy atom. The van der Waals surface area contributed by atoms with Gasteiger partial charge in [0.1, 0.15) is 5.69 Å². The van der Waals surface area contributed by atoms with E-state index in [2.05, 4.69) is 20.6 Å². The van der Waals surface area contributed by atoms with Crippen molar-refractivity contribution < 1.29 is 9.59 Å². The molecule has 2 unspecified atom stereocenters. The van der Waals surface area contributed by atoms with Gasteiger partial charge in [0.25, 0.3) is 5.91 Å². The number of H-pyrrole nitrogens is 1. The molecule has 1 saturated heterocycles. The zero-order chi connectivity index (χ0) is 14.9. The Bertz CT molecular complexity index is 515. The van der Waals surface area contributed by atoms with Crippen LogP contribution < -0.4 is 10.6 Å². The molecule has 2 atom stereocenters. The molecule has 2 heterocycles. The molecule has 3 N–H and O–H groups in total. The Kier molecular flexibility index (Phi) is 3.83. The van der Waals surface area contributed by atoms with Crippen molar-refractivity contribution in [3.8, 4) is 0 Å². The molecular formula is C14H22N4O2. The lowest BCUT2D eigenvalue weighted by atomic mass is 9.90. The van der Waals surface area contributed by atoms with Crippen molar-refractivity contribution in [2.45, 2.75) is 58.0 Å². The smallest absolute Gasteiger partial charge is 0.272 e. The van der Waals surface area contributed by atoms with Gasteiger partial charge in [-0.2, -0.15) is 0 Å². The van der Waals surface area contributed by atoms with E-state index < -0.39 is 0 Å². The minimum atomic E-state index is -0.191. The van der Waals surface area contributed by atoms with E-state index in [0.717, 1.165) is 5.69 Å². The maximum Gasteiger partial charge on any atom is 0.272 e. The Hall–Kier alpha value is -1.85. The average Bonchev–Trinajstić information content (AvgIpc) is 2.81. The maximum atomic E-state index is 12.4. The highest BCUT2D eigenvalue weighted by molar-refractivity contribution is 5.94. The summed E-state index contributed by atoms with van der Waals surface area (Å²) in [5.74, 6) is -0.151. The third-order valence-electron chi connectivity index (χ3n) is 3.60. The third kappa shape index (κ3) is 3.00. The van der Waals surface area contributed by atoms with Crippen LogP contribution in [0.5, 0.6) is 0 Å². The first-order valence-corrected chi connectivity index (χ1v) is 6.93. The normalized spacial score (nSPS) is 23.3. The van der Waals surface area contributed by atoms with Crippen LogP contribution in [0.2, 0.25) is 0 Å². The van der Waals surface area contributed by atoms with Gasteiger partial charge >= 0.3 is 0 Å². The fraction of sp³-hybridized carbons (Fsp3) is 0.643. The van der Waals surface area contributed by atoms with Gasteiger partial charge in [-0.05, 0) is 13.3 Å². The Balaban J connectivity index is 2.09. The van der Waals surface area contributed by atoms with E-state index in [4.69, 9.17) is 0 Å². The summed E-state index contributed by atoms with van der Waals surface area (Å²) in [4.78, 5) is 30.8. The van der Waals surface area contributed by atoms with Crippen LogP contribution >= 0.6 is 0 Å². The molecule has 6 nitrogen and oxygen atoms in total. The molecule has 2 rings (SSSR count). The summed E-state index contributed by atoms with van der Waals surface area (Å²) in [6.07, 6.45) is 2.65. The molecule has 0 bridgehead atoms. The average molecular weight is 278 g/mol. The highest BCUT2D eigenvalue weighted by Gasteiger charge is 2.30. The molecule has 1 aromatic heterocycles. The quantitative estimate of drug-likeness (QED) is 0.757. The second-order valence-electron chi connectivity index (χ2n) is 6.35. The number of aromatic amines is 1. The number of hydrogen-bond donors (Lipinski definition) is 3. The summed E-state index contributed by atoms with van der Waals surface area (Å²) < 4.78 is 0. The van der Waals surface area contributed by atoms with Crippen LogP contribution in [0, 0.1) is 0 Å². The summed E-state index contributed by atoms with van der Waals surface area (Å²) in [5, 5.41) is 5.81. The lowest BCUT2D eigenvalue weighted by Crippen LogP contribution is -2.54. The molecule has 110 valence electrons. The van der Waals surface area contributed by atoms with Crippen molar-refractivity contribution in [1.82, 2.24) is 20.6 Å². The molecule has 2 amide bonds. The second-order valence-corrected chi connectivity index (χ2v) is 6.35. The largest absolute Gasteiger partial charge is 0.352 e. The molecule has 1 aliphatic rings. The van der Waals surface area contributed by atoms with Gasteiger partial charge in [-0.15, -0.1) is 0 Å². The number of rotatable bonds is 2. The van der Waals surface area contributed by atoms with E-state index in [1.165, 1.54) is 0 Å². The summed E-state index contributed by atoms with van der Waals surface area (Å²) in [6, 6.07) is -0.109. The predicted molar refractivity (Wildman–Crippen MR) is 75.4 cm³/mol. The molecule has 0 spiro atoms. The van der Waals surface area contributed by atoms with Crippen LogP contribution in [-0.4, -0.2) is 33.9 Å². The molecule has 20 heavy (non-hydrogen) atoms. The van der Waals surface area contributed by atoms with Crippen molar-refractivity contribution in [3.63, 3.8) is 0 Å². The highest BCUT2D eigenvalue weighted by atomic mass is 16.2. The standard InChI is InChI=1S/C14H22N4O2/c1-8-9(5-6-10(19)17-8)18-13(20)11-12(14(2,3)4)16-7-15-11/h7-9H,5-6H2,1-4H3,(H,15,16)(H,17,19)(H,18,20). The van der Waals surface area contributed by atoms with Crippen LogP contribution in [0.15, 0.2) is 6.33 Å². The van der Waals surface area contributed by atoms with E-state index in [1.54, 1.807) is 6.33 Å². The Morgan fingerprint density at radius 2 is 2.15 bits per heavy atom. The van der Waals surface area contributed by atoms with Gasteiger partial charge in [0, 0.05) is 23.9 Å². The first-order chi connectivity index (χ1) is 9.29. The first-order valence-electron chi connectivity index (χ1n) is 6.93. The number of carbonyl (C=O) groups excluding carboxylic acids is 2. The molecular weight excluding hydrogens is 256 g/mol. The van der Waals surface area contributed by atoms with Crippen molar-refractivity contribution in [2.24, 2.45) is 0 Å². The van der Waals surface area contributed by atoms with E-state index in [-0.39, 0.29) is 29.3 Å². The molecule has 0 radical (unpaired) electrons. The van der Waals surface area contributed by atoms with E-state index in [1.807, 2.05) is 27.7 Å². The number of carbonyl (C=O) groups is 2. The number of hydrogen-bond acceptors (Lipinski definition) is 3. The molecule has 0 saturated carbocycles. The van der Waals surface area contributed by atoms with E-state index in [9.17, 15) is 9.59 Å². The van der Waals surface area contributed by atoms with Crippen LogP contribution in [0.4, 0.5) is 0 Å². The minimum absolute atomic E-state index is 0.0400. The SMILES string of the molecule is CC1NC(=O)CCC1NC(=O)c1nc[nH]c1C(C)(C)C. The van der Waals surface area contributed by atoms with Crippen molar-refractivity contribution in [2.75, 3.05) is 0 Å². The van der Waals surface area contributed by atoms with E-state index in [0.29, 0.717) is 18.5 Å². The number of imidazole rings is 1. The molecule has 6 heteroatoms. The number of piperidine rings is 1. The topological polar surface area (TPSA) is 86.9 Å². The monoisotopic (exact) mass is 278 g/mol. The molecule has 1 fully saturated rings. The van der Waals surface area contributed by atoms with Crippen LogP contribution in [0.1, 0.15) is 56.7 Å². The van der Waals surface area contributed by atoms with Crippen LogP contribution in [0.25, 0.3) is 0 Å². The summed E-state index contributed by atoms with van der Waals surface area (Å²) in [7, 11) is 0. The zero-order valence-corrected chi connectivity index (χ0v) is 12.4. The Morgan fingerprint density at radius 1 is 1.45 bits per heavy atom. The van der Waals surface area contributed by atoms with Crippen molar-refractivity contribution in [3.05, 3.63) is 17.7 Å². The van der Waals surface area contributed by atoms with Gasteiger partial charge in [-0.25, -0.2) is 4.98 Å². The molecule has 0 aromatic carbocycles. The van der Waals surface area contributed by atoms with E-state index >= 15 is 0 Å². The summed E-state index contributed by atoms with van der Waals surface area (Å²) in [5.41, 5.74) is 1.08. The number of amides is 2. The first kappa shape index (κ1) is 14.6. The lowest BCUT2D eigenvalue weighted by molar-refractivity contribution is -0.123. The fourth-order valence-electron chi connectivity index (χ4n) is 2.44. The van der Waals surface area contributed by atoms with Crippen LogP contribution in [-0.2, 0) is 10.2 Å². The van der Waals surface area contributed by atoms with Gasteiger partial charge in [0.2, 0.25) is 5.91 Å². The molecule has 1 aromatic rings. The predicted octanol–water partition coefficient (Wildman–Crippen LogP) is 1.10. The highest BCUT2D eigenvalue weighted by Crippen LogP contribution is 2.23. The van der Waals surface area contributed by atoms with Gasteiger partial charge in [-0.3, -0.25) is 9.59 Å². The fourth-order valence-corrected chi connectivity index (χ4v) is 2.44. The third-order valence-corrected chi connectivity index (χ3v) is 3.60. The van der Waals surface area contributed by atoms with Gasteiger partial charge in [-0.1, -0.05) is 20.8 Å². The van der Waals surface area contributed by atoms with Crippen molar-refractivity contribution >= 4 is 11.8 Å². The van der Waals surface area contributed by atoms with Gasteiger partial charge in [0.15, 0.2) is 0 Å². The minimum Gasteiger partial charge on any atom is -0.352 e. The molecule has 0 aliphatic carbocycles.